The first-order valence-corrected chi connectivity index (χ1v) is 8.57. The van der Waals surface area contributed by atoms with E-state index >= 15 is 0 Å². The summed E-state index contributed by atoms with van der Waals surface area (Å²) in [6.07, 6.45) is 10.4. The van der Waals surface area contributed by atoms with Gasteiger partial charge < -0.3 is 5.32 Å². The lowest BCUT2D eigenvalue weighted by atomic mass is 10.2. The Morgan fingerprint density at radius 1 is 1.65 bits per heavy atom. The molecule has 108 valence electrons. The van der Waals surface area contributed by atoms with E-state index in [0.29, 0.717) is 10.5 Å². The van der Waals surface area contributed by atoms with Gasteiger partial charge in [0.1, 0.15) is 11.0 Å². The Labute approximate surface area is 131 Å². The first kappa shape index (κ1) is 15.5. The summed E-state index contributed by atoms with van der Waals surface area (Å²) >= 11 is 5.36. The van der Waals surface area contributed by atoms with Crippen LogP contribution in [0.4, 0.5) is 5.69 Å². The van der Waals surface area contributed by atoms with Crippen LogP contribution in [0, 0.1) is 12.3 Å². The zero-order valence-electron chi connectivity index (χ0n) is 11.4. The van der Waals surface area contributed by atoms with Gasteiger partial charge in [0.15, 0.2) is 0 Å². The molecule has 6 heteroatoms. The van der Waals surface area contributed by atoms with Gasteiger partial charge in [-0.25, -0.2) is 4.68 Å². The lowest BCUT2D eigenvalue weighted by molar-refractivity contribution is 0.656. The summed E-state index contributed by atoms with van der Waals surface area (Å²) in [5, 5.41) is 8.24. The fourth-order valence-corrected chi connectivity index (χ4v) is 4.01. The van der Waals surface area contributed by atoms with Crippen molar-refractivity contribution >= 4 is 33.4 Å². The Bertz CT molecular complexity index is 567. The molecule has 0 saturated heterocycles. The second-order valence-corrected chi connectivity index (χ2v) is 7.14. The van der Waals surface area contributed by atoms with E-state index in [2.05, 4.69) is 39.2 Å². The fourth-order valence-electron chi connectivity index (χ4n) is 2.44. The van der Waals surface area contributed by atoms with E-state index in [1.165, 1.54) is 11.1 Å². The smallest absolute Gasteiger partial charge is 0.284 e. The Kier molecular flexibility index (Phi) is 5.55. The molecule has 1 N–H and O–H groups in total. The Balaban J connectivity index is 2.06. The number of nitrogens with zero attached hydrogens (tertiary/aromatic N) is 2. The van der Waals surface area contributed by atoms with Crippen LogP contribution in [0.3, 0.4) is 0 Å². The van der Waals surface area contributed by atoms with E-state index in [-0.39, 0.29) is 12.1 Å². The van der Waals surface area contributed by atoms with E-state index in [9.17, 15) is 4.79 Å². The van der Waals surface area contributed by atoms with Crippen LogP contribution >= 0.6 is 27.7 Å². The minimum Gasteiger partial charge on any atom is -0.380 e. The number of thioether (sulfide) groups is 1. The van der Waals surface area contributed by atoms with Gasteiger partial charge in [0, 0.05) is 11.3 Å². The van der Waals surface area contributed by atoms with Gasteiger partial charge in [0.25, 0.3) is 5.56 Å². The number of rotatable bonds is 5. The molecule has 2 atom stereocenters. The highest BCUT2D eigenvalue weighted by Gasteiger charge is 2.25. The molecule has 1 aromatic heterocycles. The molecule has 2 unspecified atom stereocenters. The zero-order valence-corrected chi connectivity index (χ0v) is 13.8. The molecule has 4 nitrogen and oxygen atoms in total. The number of hydrogen-bond acceptors (Lipinski definition) is 4. The van der Waals surface area contributed by atoms with Gasteiger partial charge in [0.05, 0.1) is 11.9 Å². The third-order valence-corrected chi connectivity index (χ3v) is 5.37. The minimum absolute atomic E-state index is 0.189. The quantitative estimate of drug-likeness (QED) is 0.825. The summed E-state index contributed by atoms with van der Waals surface area (Å²) in [5.74, 6) is 3.58. The van der Waals surface area contributed by atoms with Crippen molar-refractivity contribution in [3.63, 3.8) is 0 Å². The molecule has 1 fully saturated rings. The second-order valence-electron chi connectivity index (χ2n) is 4.77. The molecule has 1 heterocycles. The maximum Gasteiger partial charge on any atom is 0.284 e. The number of halogens is 1. The van der Waals surface area contributed by atoms with E-state index in [4.69, 9.17) is 6.42 Å². The van der Waals surface area contributed by atoms with Crippen molar-refractivity contribution in [1.29, 1.82) is 0 Å². The summed E-state index contributed by atoms with van der Waals surface area (Å²) in [4.78, 5) is 12.0. The van der Waals surface area contributed by atoms with Crippen molar-refractivity contribution in [3.05, 3.63) is 21.0 Å². The largest absolute Gasteiger partial charge is 0.380 e. The third kappa shape index (κ3) is 3.58. The number of terminal acetylenes is 1. The average molecular weight is 356 g/mol. The minimum atomic E-state index is -0.189. The molecule has 0 bridgehead atoms. The van der Waals surface area contributed by atoms with Crippen LogP contribution in [0.5, 0.6) is 0 Å². The highest BCUT2D eigenvalue weighted by molar-refractivity contribution is 9.10. The number of aromatic nitrogens is 2. The predicted octanol–water partition coefficient (Wildman–Crippen LogP) is 2.73. The molecule has 0 spiro atoms. The molecule has 1 aromatic rings. The summed E-state index contributed by atoms with van der Waals surface area (Å²) in [6, 6.07) is 0.417. The SMILES string of the molecule is C#CCn1ncc(NC2CCC(SCC)C2)c(Br)c1=O. The van der Waals surface area contributed by atoms with Gasteiger partial charge in [-0.3, -0.25) is 4.79 Å². The van der Waals surface area contributed by atoms with Crippen molar-refractivity contribution < 1.29 is 0 Å². The van der Waals surface area contributed by atoms with Crippen LogP contribution in [0.2, 0.25) is 0 Å². The number of hydrogen-bond donors (Lipinski definition) is 1. The monoisotopic (exact) mass is 355 g/mol. The van der Waals surface area contributed by atoms with E-state index < -0.39 is 0 Å². The topological polar surface area (TPSA) is 46.9 Å². The van der Waals surface area contributed by atoms with E-state index in [0.717, 1.165) is 29.5 Å². The van der Waals surface area contributed by atoms with Crippen molar-refractivity contribution in [3.8, 4) is 12.3 Å². The normalized spacial score (nSPS) is 21.6. The van der Waals surface area contributed by atoms with Crippen LogP contribution in [0.1, 0.15) is 26.2 Å². The van der Waals surface area contributed by atoms with Crippen molar-refractivity contribution in [1.82, 2.24) is 9.78 Å². The summed E-state index contributed by atoms with van der Waals surface area (Å²) in [6.45, 7) is 2.38. The van der Waals surface area contributed by atoms with Gasteiger partial charge in [-0.1, -0.05) is 12.8 Å². The fraction of sp³-hybridized carbons (Fsp3) is 0.571. The van der Waals surface area contributed by atoms with Gasteiger partial charge in [-0.2, -0.15) is 16.9 Å². The molecular weight excluding hydrogens is 338 g/mol. The summed E-state index contributed by atoms with van der Waals surface area (Å²) < 4.78 is 1.79. The molecular formula is C14H18BrN3OS. The number of nitrogens with one attached hydrogen (secondary N) is 1. The van der Waals surface area contributed by atoms with Crippen molar-refractivity contribution in [2.45, 2.75) is 44.0 Å². The van der Waals surface area contributed by atoms with E-state index in [1.54, 1.807) is 6.20 Å². The van der Waals surface area contributed by atoms with Gasteiger partial charge in [-0.15, -0.1) is 6.42 Å². The molecule has 1 saturated carbocycles. The average Bonchev–Trinajstić information content (AvgIpc) is 2.86. The van der Waals surface area contributed by atoms with Gasteiger partial charge in [0.2, 0.25) is 0 Å². The standard InChI is InChI=1S/C14H18BrN3OS/c1-3-7-18-14(19)13(15)12(9-16-18)17-10-5-6-11(8-10)20-4-2/h1,9-11,17H,4-8H2,2H3. The summed E-state index contributed by atoms with van der Waals surface area (Å²) in [7, 11) is 0. The van der Waals surface area contributed by atoms with Crippen LogP contribution < -0.4 is 10.9 Å². The van der Waals surface area contributed by atoms with Crippen LogP contribution in [0.15, 0.2) is 15.5 Å². The highest BCUT2D eigenvalue weighted by Crippen LogP contribution is 2.32. The molecule has 20 heavy (non-hydrogen) atoms. The predicted molar refractivity (Wildman–Crippen MR) is 88.2 cm³/mol. The van der Waals surface area contributed by atoms with Crippen molar-refractivity contribution in [2.24, 2.45) is 0 Å². The molecule has 1 aliphatic carbocycles. The number of anilines is 1. The molecule has 0 aliphatic heterocycles. The molecule has 2 rings (SSSR count). The lowest BCUT2D eigenvalue weighted by Crippen LogP contribution is -2.26. The maximum absolute atomic E-state index is 12.0. The highest BCUT2D eigenvalue weighted by atomic mass is 79.9. The third-order valence-electron chi connectivity index (χ3n) is 3.37. The zero-order chi connectivity index (χ0) is 14.5. The molecule has 0 radical (unpaired) electrons. The second kappa shape index (κ2) is 7.19. The molecule has 0 amide bonds. The first-order valence-electron chi connectivity index (χ1n) is 6.73. The van der Waals surface area contributed by atoms with Crippen LogP contribution in [-0.2, 0) is 6.54 Å². The van der Waals surface area contributed by atoms with Crippen LogP contribution in [-0.4, -0.2) is 26.8 Å². The first-order chi connectivity index (χ1) is 9.65. The van der Waals surface area contributed by atoms with Gasteiger partial charge >= 0.3 is 0 Å². The Hall–Kier alpha value is -0.930. The Morgan fingerprint density at radius 3 is 3.15 bits per heavy atom. The summed E-state index contributed by atoms with van der Waals surface area (Å²) in [5.41, 5.74) is 0.570. The van der Waals surface area contributed by atoms with Gasteiger partial charge in [-0.05, 0) is 40.9 Å². The maximum atomic E-state index is 12.0. The molecule has 0 aromatic carbocycles. The van der Waals surface area contributed by atoms with Crippen molar-refractivity contribution in [2.75, 3.05) is 11.1 Å². The van der Waals surface area contributed by atoms with E-state index in [1.807, 2.05) is 11.8 Å². The van der Waals surface area contributed by atoms with Crippen LogP contribution in [0.25, 0.3) is 0 Å². The Morgan fingerprint density at radius 2 is 2.45 bits per heavy atom. The molecule has 1 aliphatic rings. The lowest BCUT2D eigenvalue weighted by Gasteiger charge is -2.15.